The molecule has 0 saturated carbocycles. The Morgan fingerprint density at radius 2 is 2.04 bits per heavy atom. The molecule has 1 fully saturated rings. The molecule has 0 amide bonds. The SMILES string of the molecule is O=C(Cc1cc2cc(-c3cncs3)ccc2cn1)C1CCNCC1. The summed E-state index contributed by atoms with van der Waals surface area (Å²) >= 11 is 1.63. The maximum atomic E-state index is 12.5. The maximum absolute atomic E-state index is 12.5. The number of Topliss-reactive ketones (excluding diaryl/α,β-unsaturated/α-hetero) is 1. The maximum Gasteiger partial charge on any atom is 0.142 e. The Hall–Kier alpha value is -2.11. The molecule has 0 spiro atoms. The van der Waals surface area contributed by atoms with Crippen LogP contribution in [0, 0.1) is 5.92 Å². The second kappa shape index (κ2) is 6.79. The highest BCUT2D eigenvalue weighted by Gasteiger charge is 2.21. The smallest absolute Gasteiger partial charge is 0.142 e. The number of thiazole rings is 1. The van der Waals surface area contributed by atoms with E-state index in [0.717, 1.165) is 52.8 Å². The minimum atomic E-state index is 0.187. The van der Waals surface area contributed by atoms with Gasteiger partial charge in [0.15, 0.2) is 0 Å². The van der Waals surface area contributed by atoms with Crippen molar-refractivity contribution in [3.63, 3.8) is 0 Å². The lowest BCUT2D eigenvalue weighted by Gasteiger charge is -2.21. The van der Waals surface area contributed by atoms with Crippen LogP contribution < -0.4 is 5.32 Å². The van der Waals surface area contributed by atoms with Gasteiger partial charge in [-0.3, -0.25) is 14.8 Å². The van der Waals surface area contributed by atoms with Gasteiger partial charge >= 0.3 is 0 Å². The van der Waals surface area contributed by atoms with Gasteiger partial charge in [0.1, 0.15) is 5.78 Å². The predicted octanol–water partition coefficient (Wildman–Crippen LogP) is 3.47. The van der Waals surface area contributed by atoms with Crippen LogP contribution in [-0.2, 0) is 11.2 Å². The van der Waals surface area contributed by atoms with Gasteiger partial charge in [0, 0.05) is 35.8 Å². The molecular weight excluding hydrogens is 318 g/mol. The van der Waals surface area contributed by atoms with Gasteiger partial charge in [-0.2, -0.15) is 0 Å². The first-order valence-corrected chi connectivity index (χ1v) is 9.18. The first-order valence-electron chi connectivity index (χ1n) is 8.30. The normalized spacial score (nSPS) is 15.7. The summed E-state index contributed by atoms with van der Waals surface area (Å²) in [6, 6.07) is 8.38. The van der Waals surface area contributed by atoms with Gasteiger partial charge in [0.2, 0.25) is 0 Å². The van der Waals surface area contributed by atoms with E-state index in [9.17, 15) is 4.79 Å². The average Bonchev–Trinajstić information content (AvgIpc) is 3.16. The summed E-state index contributed by atoms with van der Waals surface area (Å²) in [7, 11) is 0. The minimum Gasteiger partial charge on any atom is -0.317 e. The number of nitrogens with one attached hydrogen (secondary N) is 1. The van der Waals surface area contributed by atoms with Crippen molar-refractivity contribution in [1.29, 1.82) is 0 Å². The van der Waals surface area contributed by atoms with E-state index in [2.05, 4.69) is 39.6 Å². The molecule has 0 unspecified atom stereocenters. The van der Waals surface area contributed by atoms with E-state index in [4.69, 9.17) is 0 Å². The van der Waals surface area contributed by atoms with Crippen molar-refractivity contribution in [1.82, 2.24) is 15.3 Å². The minimum absolute atomic E-state index is 0.187. The molecule has 0 radical (unpaired) electrons. The van der Waals surface area contributed by atoms with Gasteiger partial charge < -0.3 is 5.32 Å². The number of ketones is 1. The van der Waals surface area contributed by atoms with Crippen molar-refractivity contribution in [3.8, 4) is 10.4 Å². The van der Waals surface area contributed by atoms with E-state index in [1.807, 2.05) is 17.9 Å². The molecular formula is C19H19N3OS. The Morgan fingerprint density at radius 1 is 1.17 bits per heavy atom. The van der Waals surface area contributed by atoms with E-state index in [-0.39, 0.29) is 5.92 Å². The molecule has 2 aromatic heterocycles. The van der Waals surface area contributed by atoms with E-state index >= 15 is 0 Å². The van der Waals surface area contributed by atoms with Crippen LogP contribution in [0.4, 0.5) is 0 Å². The van der Waals surface area contributed by atoms with Gasteiger partial charge in [0.25, 0.3) is 0 Å². The molecule has 4 rings (SSSR count). The van der Waals surface area contributed by atoms with Crippen LogP contribution >= 0.6 is 11.3 Å². The number of rotatable bonds is 4. The van der Waals surface area contributed by atoms with Crippen molar-refractivity contribution >= 4 is 27.9 Å². The predicted molar refractivity (Wildman–Crippen MR) is 97.2 cm³/mol. The summed E-state index contributed by atoms with van der Waals surface area (Å²) in [4.78, 5) is 22.3. The number of hydrogen-bond acceptors (Lipinski definition) is 5. The molecule has 24 heavy (non-hydrogen) atoms. The average molecular weight is 337 g/mol. The standard InChI is InChI=1S/C19H19N3OS/c23-18(13-3-5-20-6-4-13)9-17-8-16-7-14(19-11-21-12-24-19)1-2-15(16)10-22-17/h1-2,7-8,10-13,20H,3-6,9H2. The Bertz CT molecular complexity index is 854. The highest BCUT2D eigenvalue weighted by Crippen LogP contribution is 2.27. The first kappa shape index (κ1) is 15.4. The zero-order valence-corrected chi connectivity index (χ0v) is 14.2. The van der Waals surface area contributed by atoms with Gasteiger partial charge in [0.05, 0.1) is 10.4 Å². The third-order valence-corrected chi connectivity index (χ3v) is 5.47. The fraction of sp³-hybridized carbons (Fsp3) is 0.316. The van der Waals surface area contributed by atoms with Gasteiger partial charge in [-0.25, -0.2) is 0 Å². The van der Waals surface area contributed by atoms with Crippen LogP contribution in [0.5, 0.6) is 0 Å². The van der Waals surface area contributed by atoms with Crippen molar-refractivity contribution in [2.24, 2.45) is 5.92 Å². The molecule has 1 aliphatic heterocycles. The molecule has 0 bridgehead atoms. The van der Waals surface area contributed by atoms with Gasteiger partial charge in [-0.15, -0.1) is 11.3 Å². The number of pyridine rings is 1. The fourth-order valence-corrected chi connectivity index (χ4v) is 3.88. The van der Waals surface area contributed by atoms with E-state index < -0.39 is 0 Å². The number of nitrogens with zero attached hydrogens (tertiary/aromatic N) is 2. The second-order valence-corrected chi connectivity index (χ2v) is 7.16. The van der Waals surface area contributed by atoms with Crippen LogP contribution in [0.2, 0.25) is 0 Å². The summed E-state index contributed by atoms with van der Waals surface area (Å²) in [6.07, 6.45) is 6.08. The van der Waals surface area contributed by atoms with E-state index in [1.54, 1.807) is 11.3 Å². The number of hydrogen-bond donors (Lipinski definition) is 1. The molecule has 3 heterocycles. The number of carbonyl (C=O) groups is 1. The monoisotopic (exact) mass is 337 g/mol. The second-order valence-electron chi connectivity index (χ2n) is 6.27. The zero-order valence-electron chi connectivity index (χ0n) is 13.4. The molecule has 4 nitrogen and oxygen atoms in total. The fourth-order valence-electron chi connectivity index (χ4n) is 3.26. The number of fused-ring (bicyclic) bond motifs is 1. The molecule has 1 aromatic carbocycles. The summed E-state index contributed by atoms with van der Waals surface area (Å²) < 4.78 is 0. The molecule has 3 aromatic rings. The number of benzene rings is 1. The van der Waals surface area contributed by atoms with E-state index in [0.29, 0.717) is 12.2 Å². The summed E-state index contributed by atoms with van der Waals surface area (Å²) in [6.45, 7) is 1.89. The van der Waals surface area contributed by atoms with Gasteiger partial charge in [-0.05, 0) is 49.0 Å². The third-order valence-electron chi connectivity index (χ3n) is 4.65. The molecule has 0 aliphatic carbocycles. The molecule has 122 valence electrons. The molecule has 1 N–H and O–H groups in total. The largest absolute Gasteiger partial charge is 0.317 e. The summed E-state index contributed by atoms with van der Waals surface area (Å²) in [5, 5.41) is 5.53. The van der Waals surface area contributed by atoms with Crippen LogP contribution in [0.3, 0.4) is 0 Å². The van der Waals surface area contributed by atoms with Gasteiger partial charge in [-0.1, -0.05) is 12.1 Å². The quantitative estimate of drug-likeness (QED) is 0.792. The van der Waals surface area contributed by atoms with Crippen LogP contribution in [0.25, 0.3) is 21.2 Å². The Balaban J connectivity index is 1.58. The first-order chi connectivity index (χ1) is 11.8. The summed E-state index contributed by atoms with van der Waals surface area (Å²) in [5.41, 5.74) is 3.87. The summed E-state index contributed by atoms with van der Waals surface area (Å²) in [5.74, 6) is 0.509. The number of piperidine rings is 1. The molecule has 5 heteroatoms. The van der Waals surface area contributed by atoms with Crippen LogP contribution in [0.15, 0.2) is 42.2 Å². The molecule has 1 saturated heterocycles. The van der Waals surface area contributed by atoms with Crippen LogP contribution in [-0.4, -0.2) is 28.8 Å². The highest BCUT2D eigenvalue weighted by molar-refractivity contribution is 7.13. The highest BCUT2D eigenvalue weighted by atomic mass is 32.1. The number of carbonyl (C=O) groups excluding carboxylic acids is 1. The van der Waals surface area contributed by atoms with E-state index in [1.165, 1.54) is 0 Å². The third kappa shape index (κ3) is 3.23. The van der Waals surface area contributed by atoms with Crippen molar-refractivity contribution in [3.05, 3.63) is 47.9 Å². The van der Waals surface area contributed by atoms with Crippen molar-refractivity contribution in [2.45, 2.75) is 19.3 Å². The topological polar surface area (TPSA) is 54.9 Å². The van der Waals surface area contributed by atoms with Crippen molar-refractivity contribution in [2.75, 3.05) is 13.1 Å². The lowest BCUT2D eigenvalue weighted by molar-refractivity contribution is -0.123. The lowest BCUT2D eigenvalue weighted by Crippen LogP contribution is -2.32. The Labute approximate surface area is 145 Å². The molecule has 1 aliphatic rings. The zero-order chi connectivity index (χ0) is 16.4. The molecule has 0 atom stereocenters. The lowest BCUT2D eigenvalue weighted by atomic mass is 9.91. The Morgan fingerprint density at radius 3 is 2.83 bits per heavy atom. The Kier molecular flexibility index (Phi) is 4.36. The van der Waals surface area contributed by atoms with Crippen LogP contribution in [0.1, 0.15) is 18.5 Å². The van der Waals surface area contributed by atoms with Crippen molar-refractivity contribution < 1.29 is 4.79 Å². The number of aromatic nitrogens is 2.